The molecule has 0 aliphatic carbocycles. The maximum atomic E-state index is 12.3. The van der Waals surface area contributed by atoms with Crippen LogP contribution in [0.4, 0.5) is 0 Å². The highest BCUT2D eigenvalue weighted by Gasteiger charge is 2.38. The van der Waals surface area contributed by atoms with Crippen molar-refractivity contribution in [2.24, 2.45) is 17.6 Å². The summed E-state index contributed by atoms with van der Waals surface area (Å²) in [5, 5.41) is 9.31. The number of carbonyl (C=O) groups is 2. The molecule has 1 aliphatic rings. The first kappa shape index (κ1) is 16.0. The van der Waals surface area contributed by atoms with Crippen molar-refractivity contribution in [3.63, 3.8) is 0 Å². The Morgan fingerprint density at radius 1 is 1.42 bits per heavy atom. The number of likely N-dealkylation sites (tertiary alicyclic amines) is 1. The van der Waals surface area contributed by atoms with E-state index in [9.17, 15) is 14.7 Å². The molecule has 1 rings (SSSR count). The van der Waals surface area contributed by atoms with Gasteiger partial charge in [-0.15, -0.1) is 0 Å². The van der Waals surface area contributed by atoms with Crippen LogP contribution in [0.25, 0.3) is 0 Å². The van der Waals surface area contributed by atoms with E-state index in [-0.39, 0.29) is 11.8 Å². The number of carboxylic acids is 1. The average Bonchev–Trinajstić information content (AvgIpc) is 2.43. The normalized spacial score (nSPS) is 26.8. The van der Waals surface area contributed by atoms with Crippen LogP contribution < -0.4 is 5.73 Å². The number of hydrogen-bond donors (Lipinski definition) is 2. The molecular formula is C14H26N2O3. The number of nitrogens with two attached hydrogens (primary N) is 1. The van der Waals surface area contributed by atoms with Gasteiger partial charge in [0.25, 0.3) is 0 Å². The maximum absolute atomic E-state index is 12.3. The summed E-state index contributed by atoms with van der Waals surface area (Å²) in [6, 6.07) is -1.30. The lowest BCUT2D eigenvalue weighted by atomic mass is 9.87. The Kier molecular flexibility index (Phi) is 5.79. The Hall–Kier alpha value is -1.10. The molecular weight excluding hydrogens is 244 g/mol. The first-order valence-corrected chi connectivity index (χ1v) is 7.21. The number of amides is 1. The summed E-state index contributed by atoms with van der Waals surface area (Å²) in [7, 11) is 0. The number of aliphatic carboxylic acids is 1. The number of hydrogen-bond acceptors (Lipinski definition) is 3. The Bertz CT molecular complexity index is 333. The van der Waals surface area contributed by atoms with Gasteiger partial charge in [0.05, 0.1) is 6.04 Å². The van der Waals surface area contributed by atoms with Gasteiger partial charge in [0.2, 0.25) is 5.91 Å². The third-order valence-corrected chi connectivity index (χ3v) is 4.40. The van der Waals surface area contributed by atoms with Gasteiger partial charge < -0.3 is 15.7 Å². The minimum atomic E-state index is -0.914. The van der Waals surface area contributed by atoms with Gasteiger partial charge in [-0.1, -0.05) is 33.6 Å². The minimum absolute atomic E-state index is 0.0749. The molecule has 5 heteroatoms. The molecule has 1 aliphatic heterocycles. The van der Waals surface area contributed by atoms with E-state index in [1.807, 2.05) is 13.8 Å². The molecule has 1 fully saturated rings. The number of carbonyl (C=O) groups excluding carboxylic acids is 1. The number of piperidine rings is 1. The molecule has 5 nitrogen and oxygen atoms in total. The van der Waals surface area contributed by atoms with E-state index >= 15 is 0 Å². The van der Waals surface area contributed by atoms with Gasteiger partial charge in [0.15, 0.2) is 0 Å². The fourth-order valence-corrected chi connectivity index (χ4v) is 2.60. The summed E-state index contributed by atoms with van der Waals surface area (Å²) in [6.45, 7) is 6.48. The van der Waals surface area contributed by atoms with Gasteiger partial charge in [0, 0.05) is 6.54 Å². The number of nitrogens with zero attached hydrogens (tertiary/aromatic N) is 1. The Labute approximate surface area is 115 Å². The second-order valence-corrected chi connectivity index (χ2v) is 5.60. The quantitative estimate of drug-likeness (QED) is 0.792. The van der Waals surface area contributed by atoms with Crippen LogP contribution in [-0.2, 0) is 9.59 Å². The fourth-order valence-electron chi connectivity index (χ4n) is 2.60. The molecule has 3 N–H and O–H groups in total. The second kappa shape index (κ2) is 6.89. The van der Waals surface area contributed by atoms with Crippen molar-refractivity contribution in [2.75, 3.05) is 6.54 Å². The molecule has 0 bridgehead atoms. The SMILES string of the molecule is CCC1CCN(C(=O)[C@@H](N)[C@@H](C)CC)C(C(=O)O)C1. The molecule has 0 aromatic rings. The summed E-state index contributed by atoms with van der Waals surface area (Å²) in [5.74, 6) is -0.657. The second-order valence-electron chi connectivity index (χ2n) is 5.60. The molecule has 19 heavy (non-hydrogen) atoms. The first-order chi connectivity index (χ1) is 8.92. The lowest BCUT2D eigenvalue weighted by Crippen LogP contribution is -2.56. The van der Waals surface area contributed by atoms with E-state index in [0.29, 0.717) is 18.9 Å². The van der Waals surface area contributed by atoms with Crippen LogP contribution in [0.15, 0.2) is 0 Å². The van der Waals surface area contributed by atoms with E-state index in [1.165, 1.54) is 4.90 Å². The number of carboxylic acid groups (broad SMARTS) is 1. The van der Waals surface area contributed by atoms with Gasteiger partial charge in [-0.25, -0.2) is 4.79 Å². The predicted molar refractivity (Wildman–Crippen MR) is 73.6 cm³/mol. The largest absolute Gasteiger partial charge is 0.480 e. The minimum Gasteiger partial charge on any atom is -0.480 e. The van der Waals surface area contributed by atoms with Gasteiger partial charge >= 0.3 is 5.97 Å². The highest BCUT2D eigenvalue weighted by molar-refractivity contribution is 5.87. The third kappa shape index (κ3) is 3.69. The summed E-state index contributed by atoms with van der Waals surface area (Å²) in [5.41, 5.74) is 5.95. The van der Waals surface area contributed by atoms with Crippen LogP contribution in [0.3, 0.4) is 0 Å². The molecule has 110 valence electrons. The van der Waals surface area contributed by atoms with E-state index < -0.39 is 18.1 Å². The Morgan fingerprint density at radius 2 is 2.05 bits per heavy atom. The number of rotatable bonds is 5. The van der Waals surface area contributed by atoms with Crippen molar-refractivity contribution in [1.29, 1.82) is 0 Å². The van der Waals surface area contributed by atoms with Crippen LogP contribution in [0.5, 0.6) is 0 Å². The van der Waals surface area contributed by atoms with Crippen molar-refractivity contribution < 1.29 is 14.7 Å². The molecule has 1 amide bonds. The Balaban J connectivity index is 2.79. The van der Waals surface area contributed by atoms with Gasteiger partial charge in [-0.05, 0) is 24.7 Å². The molecule has 0 aromatic heterocycles. The summed E-state index contributed by atoms with van der Waals surface area (Å²) < 4.78 is 0. The van der Waals surface area contributed by atoms with E-state index in [0.717, 1.165) is 19.3 Å². The van der Waals surface area contributed by atoms with Gasteiger partial charge in [0.1, 0.15) is 6.04 Å². The van der Waals surface area contributed by atoms with Crippen LogP contribution >= 0.6 is 0 Å². The van der Waals surface area contributed by atoms with Crippen molar-refractivity contribution in [2.45, 2.75) is 58.5 Å². The summed E-state index contributed by atoms with van der Waals surface area (Å²) in [4.78, 5) is 25.2. The van der Waals surface area contributed by atoms with Gasteiger partial charge in [-0.2, -0.15) is 0 Å². The molecule has 0 spiro atoms. The molecule has 0 radical (unpaired) electrons. The molecule has 0 saturated carbocycles. The van der Waals surface area contributed by atoms with Crippen LogP contribution in [-0.4, -0.2) is 40.5 Å². The van der Waals surface area contributed by atoms with Crippen molar-refractivity contribution >= 4 is 11.9 Å². The standard InChI is InChI=1S/C14H26N2O3/c1-4-9(3)12(15)13(17)16-7-6-10(5-2)8-11(16)14(18)19/h9-12H,4-8,15H2,1-3H3,(H,18,19)/t9-,10?,11?,12-/m0/s1. The molecule has 1 saturated heterocycles. The van der Waals surface area contributed by atoms with Crippen molar-refractivity contribution in [1.82, 2.24) is 4.90 Å². The Morgan fingerprint density at radius 3 is 2.53 bits per heavy atom. The fraction of sp³-hybridized carbons (Fsp3) is 0.857. The summed E-state index contributed by atoms with van der Waals surface area (Å²) >= 11 is 0. The van der Waals surface area contributed by atoms with Crippen LogP contribution in [0.1, 0.15) is 46.5 Å². The average molecular weight is 270 g/mol. The monoisotopic (exact) mass is 270 g/mol. The molecule has 2 unspecified atom stereocenters. The van der Waals surface area contributed by atoms with Crippen LogP contribution in [0, 0.1) is 11.8 Å². The maximum Gasteiger partial charge on any atom is 0.326 e. The van der Waals surface area contributed by atoms with Crippen molar-refractivity contribution in [3.8, 4) is 0 Å². The molecule has 1 heterocycles. The molecule has 4 atom stereocenters. The zero-order valence-electron chi connectivity index (χ0n) is 12.1. The van der Waals surface area contributed by atoms with E-state index in [2.05, 4.69) is 6.92 Å². The third-order valence-electron chi connectivity index (χ3n) is 4.40. The van der Waals surface area contributed by atoms with E-state index in [1.54, 1.807) is 0 Å². The smallest absolute Gasteiger partial charge is 0.326 e. The zero-order valence-corrected chi connectivity index (χ0v) is 12.1. The highest BCUT2D eigenvalue weighted by Crippen LogP contribution is 2.26. The van der Waals surface area contributed by atoms with Gasteiger partial charge in [-0.3, -0.25) is 4.79 Å². The van der Waals surface area contributed by atoms with E-state index in [4.69, 9.17) is 5.73 Å². The van der Waals surface area contributed by atoms with Crippen LogP contribution in [0.2, 0.25) is 0 Å². The lowest BCUT2D eigenvalue weighted by Gasteiger charge is -2.38. The predicted octanol–water partition coefficient (Wildman–Crippen LogP) is 1.46. The highest BCUT2D eigenvalue weighted by atomic mass is 16.4. The topological polar surface area (TPSA) is 83.6 Å². The summed E-state index contributed by atoms with van der Waals surface area (Å²) in [6.07, 6.45) is 3.20. The van der Waals surface area contributed by atoms with Crippen molar-refractivity contribution in [3.05, 3.63) is 0 Å². The lowest BCUT2D eigenvalue weighted by molar-refractivity contribution is -0.154. The molecule has 0 aromatic carbocycles. The first-order valence-electron chi connectivity index (χ1n) is 7.21. The zero-order chi connectivity index (χ0) is 14.6.